The summed E-state index contributed by atoms with van der Waals surface area (Å²) in [5.74, 6) is 0. The lowest BCUT2D eigenvalue weighted by atomic mass is 9.93. The number of anilines is 1. The molecular weight excluding hydrogens is 298 g/mol. The molecule has 2 heterocycles. The van der Waals surface area contributed by atoms with E-state index >= 15 is 0 Å². The molecule has 1 aliphatic rings. The molecule has 0 bridgehead atoms. The third-order valence-corrected chi connectivity index (χ3v) is 5.73. The monoisotopic (exact) mass is 313 g/mol. The molecule has 0 aliphatic carbocycles. The van der Waals surface area contributed by atoms with Crippen LogP contribution in [0.15, 0.2) is 72.8 Å². The van der Waals surface area contributed by atoms with Crippen LogP contribution in [0.1, 0.15) is 11.1 Å². The molecule has 0 fully saturated rings. The highest BCUT2D eigenvalue weighted by molar-refractivity contribution is 7.26. The van der Waals surface area contributed by atoms with Crippen LogP contribution >= 0.6 is 11.3 Å². The first-order valence-corrected chi connectivity index (χ1v) is 8.67. The minimum atomic E-state index is 0.883. The Hall–Kier alpha value is -2.58. The van der Waals surface area contributed by atoms with Crippen LogP contribution < -0.4 is 5.32 Å². The average molecular weight is 313 g/mol. The fourth-order valence-electron chi connectivity index (χ4n) is 3.46. The quantitative estimate of drug-likeness (QED) is 0.460. The molecule has 23 heavy (non-hydrogen) atoms. The van der Waals surface area contributed by atoms with Gasteiger partial charge in [-0.2, -0.15) is 0 Å². The fraction of sp³-hybridized carbons (Fsp3) is 0.0476. The third-order valence-electron chi connectivity index (χ3n) is 4.51. The van der Waals surface area contributed by atoms with Gasteiger partial charge in [0.25, 0.3) is 0 Å². The Labute approximate surface area is 138 Å². The van der Waals surface area contributed by atoms with Crippen molar-refractivity contribution in [1.29, 1.82) is 0 Å². The van der Waals surface area contributed by atoms with E-state index in [-0.39, 0.29) is 0 Å². The molecule has 4 aromatic rings. The number of thiophene rings is 1. The standard InChI is InChI=1S/C21H15NS/c1-3-10-19-15(6-1)14(12-13-22-19)17-8-5-9-18-16-7-2-4-11-20(16)23-21(17)18/h1-12,22H,13H2. The van der Waals surface area contributed by atoms with E-state index in [4.69, 9.17) is 0 Å². The molecule has 0 unspecified atom stereocenters. The van der Waals surface area contributed by atoms with Crippen molar-refractivity contribution in [1.82, 2.24) is 0 Å². The van der Waals surface area contributed by atoms with Crippen LogP contribution in [-0.4, -0.2) is 6.54 Å². The first-order valence-electron chi connectivity index (χ1n) is 7.86. The van der Waals surface area contributed by atoms with Crippen LogP contribution in [0.3, 0.4) is 0 Å². The summed E-state index contributed by atoms with van der Waals surface area (Å²) in [5.41, 5.74) is 5.21. The molecule has 1 aromatic heterocycles. The number of hydrogen-bond acceptors (Lipinski definition) is 2. The zero-order valence-electron chi connectivity index (χ0n) is 12.5. The molecular formula is C21H15NS. The van der Waals surface area contributed by atoms with Gasteiger partial charge in [-0.1, -0.05) is 60.7 Å². The van der Waals surface area contributed by atoms with Gasteiger partial charge in [0.2, 0.25) is 0 Å². The predicted octanol–water partition coefficient (Wildman–Crippen LogP) is 5.91. The van der Waals surface area contributed by atoms with Gasteiger partial charge in [0.05, 0.1) is 0 Å². The van der Waals surface area contributed by atoms with E-state index in [1.807, 2.05) is 11.3 Å². The number of rotatable bonds is 1. The Balaban J connectivity index is 1.83. The van der Waals surface area contributed by atoms with Crippen molar-refractivity contribution in [3.8, 4) is 0 Å². The normalized spacial score (nSPS) is 13.7. The maximum Gasteiger partial charge on any atom is 0.0433 e. The minimum absolute atomic E-state index is 0.883. The smallest absolute Gasteiger partial charge is 0.0433 e. The molecule has 2 heteroatoms. The summed E-state index contributed by atoms with van der Waals surface area (Å²) in [7, 11) is 0. The molecule has 1 aliphatic heterocycles. The highest BCUT2D eigenvalue weighted by atomic mass is 32.1. The van der Waals surface area contributed by atoms with Gasteiger partial charge in [0.1, 0.15) is 0 Å². The lowest BCUT2D eigenvalue weighted by Gasteiger charge is -2.20. The van der Waals surface area contributed by atoms with E-state index in [1.165, 1.54) is 42.6 Å². The number of nitrogens with one attached hydrogen (secondary N) is 1. The molecule has 0 saturated heterocycles. The van der Waals surface area contributed by atoms with Crippen LogP contribution in [0, 0.1) is 0 Å². The van der Waals surface area contributed by atoms with Crippen molar-refractivity contribution in [3.63, 3.8) is 0 Å². The maximum absolute atomic E-state index is 3.46. The summed E-state index contributed by atoms with van der Waals surface area (Å²) in [6.45, 7) is 0.883. The Morgan fingerprint density at radius 2 is 1.52 bits per heavy atom. The summed E-state index contributed by atoms with van der Waals surface area (Å²) in [6, 6.07) is 23.9. The van der Waals surface area contributed by atoms with E-state index in [9.17, 15) is 0 Å². The van der Waals surface area contributed by atoms with Crippen molar-refractivity contribution < 1.29 is 0 Å². The molecule has 1 N–H and O–H groups in total. The number of benzene rings is 3. The topological polar surface area (TPSA) is 12.0 Å². The van der Waals surface area contributed by atoms with Gasteiger partial charge >= 0.3 is 0 Å². The number of hydrogen-bond donors (Lipinski definition) is 1. The highest BCUT2D eigenvalue weighted by Crippen LogP contribution is 2.41. The predicted molar refractivity (Wildman–Crippen MR) is 101 cm³/mol. The molecule has 0 spiro atoms. The largest absolute Gasteiger partial charge is 0.381 e. The van der Waals surface area contributed by atoms with E-state index in [0.29, 0.717) is 0 Å². The Kier molecular flexibility index (Phi) is 2.79. The Morgan fingerprint density at radius 3 is 2.52 bits per heavy atom. The second-order valence-electron chi connectivity index (χ2n) is 5.82. The van der Waals surface area contributed by atoms with Gasteiger partial charge in [-0.3, -0.25) is 0 Å². The molecule has 0 radical (unpaired) electrons. The van der Waals surface area contributed by atoms with E-state index in [0.717, 1.165) is 6.54 Å². The average Bonchev–Trinajstić information content (AvgIpc) is 3.00. The van der Waals surface area contributed by atoms with E-state index < -0.39 is 0 Å². The Bertz CT molecular complexity index is 1070. The van der Waals surface area contributed by atoms with Crippen LogP contribution in [-0.2, 0) is 0 Å². The van der Waals surface area contributed by atoms with Gasteiger partial charge in [0, 0.05) is 38.0 Å². The number of para-hydroxylation sites is 1. The first kappa shape index (κ1) is 12.9. The third kappa shape index (κ3) is 1.92. The van der Waals surface area contributed by atoms with Gasteiger partial charge in [0.15, 0.2) is 0 Å². The molecule has 0 saturated carbocycles. The minimum Gasteiger partial charge on any atom is -0.381 e. The molecule has 110 valence electrons. The molecule has 3 aromatic carbocycles. The van der Waals surface area contributed by atoms with Crippen molar-refractivity contribution in [2.75, 3.05) is 11.9 Å². The van der Waals surface area contributed by atoms with Crippen molar-refractivity contribution >= 4 is 42.8 Å². The van der Waals surface area contributed by atoms with Crippen molar-refractivity contribution in [2.24, 2.45) is 0 Å². The Morgan fingerprint density at radius 1 is 0.739 bits per heavy atom. The van der Waals surface area contributed by atoms with Crippen LogP contribution in [0.2, 0.25) is 0 Å². The van der Waals surface area contributed by atoms with Crippen LogP contribution in [0.25, 0.3) is 25.7 Å². The van der Waals surface area contributed by atoms with Gasteiger partial charge in [-0.05, 0) is 23.3 Å². The fourth-order valence-corrected chi connectivity index (χ4v) is 4.69. The molecule has 0 atom stereocenters. The van der Waals surface area contributed by atoms with E-state index in [1.54, 1.807) is 0 Å². The van der Waals surface area contributed by atoms with Gasteiger partial charge in [-0.15, -0.1) is 11.3 Å². The second kappa shape index (κ2) is 4.97. The van der Waals surface area contributed by atoms with E-state index in [2.05, 4.69) is 78.1 Å². The molecule has 1 nitrogen and oxygen atoms in total. The van der Waals surface area contributed by atoms with Crippen LogP contribution in [0.5, 0.6) is 0 Å². The second-order valence-corrected chi connectivity index (χ2v) is 6.88. The van der Waals surface area contributed by atoms with Crippen molar-refractivity contribution in [3.05, 3.63) is 83.9 Å². The first-order chi connectivity index (χ1) is 11.4. The summed E-state index contributed by atoms with van der Waals surface area (Å²) in [5, 5.41) is 6.18. The summed E-state index contributed by atoms with van der Waals surface area (Å²) in [6.07, 6.45) is 2.31. The lowest BCUT2D eigenvalue weighted by Crippen LogP contribution is -2.08. The van der Waals surface area contributed by atoms with Gasteiger partial charge < -0.3 is 5.32 Å². The highest BCUT2D eigenvalue weighted by Gasteiger charge is 2.17. The van der Waals surface area contributed by atoms with Crippen LogP contribution in [0.4, 0.5) is 5.69 Å². The van der Waals surface area contributed by atoms with Crippen molar-refractivity contribution in [2.45, 2.75) is 0 Å². The summed E-state index contributed by atoms with van der Waals surface area (Å²) < 4.78 is 2.74. The SMILES string of the molecule is C1=C(c2cccc3c2sc2ccccc23)c2ccccc2NC1. The zero-order chi connectivity index (χ0) is 15.2. The molecule has 0 amide bonds. The molecule has 5 rings (SSSR count). The zero-order valence-corrected chi connectivity index (χ0v) is 13.4. The summed E-state index contributed by atoms with van der Waals surface area (Å²) in [4.78, 5) is 0. The summed E-state index contributed by atoms with van der Waals surface area (Å²) >= 11 is 1.90. The lowest BCUT2D eigenvalue weighted by molar-refractivity contribution is 1.29. The van der Waals surface area contributed by atoms with Gasteiger partial charge in [-0.25, -0.2) is 0 Å². The maximum atomic E-state index is 3.46. The number of fused-ring (bicyclic) bond motifs is 4.